The van der Waals surface area contributed by atoms with Gasteiger partial charge < -0.3 is 9.22 Å². The summed E-state index contributed by atoms with van der Waals surface area (Å²) in [7, 11) is -1.97. The molecule has 0 aliphatic heterocycles. The summed E-state index contributed by atoms with van der Waals surface area (Å²) in [5.41, 5.74) is 0. The minimum absolute atomic E-state index is 0.0412. The van der Waals surface area contributed by atoms with Gasteiger partial charge in [0.1, 0.15) is 18.2 Å². The normalized spacial score (nSPS) is 14.8. The van der Waals surface area contributed by atoms with Crippen molar-refractivity contribution >= 4 is 20.4 Å². The molecule has 3 nitrogen and oxygen atoms in total. The van der Waals surface area contributed by atoms with Crippen LogP contribution in [-0.4, -0.2) is 26.5 Å². The molecule has 0 N–H and O–H groups in total. The molecule has 100 valence electrons. The van der Waals surface area contributed by atoms with E-state index in [0.717, 1.165) is 6.29 Å². The van der Waals surface area contributed by atoms with Gasteiger partial charge in [-0.3, -0.25) is 4.79 Å². The van der Waals surface area contributed by atoms with E-state index in [2.05, 4.69) is 33.9 Å². The minimum Gasteiger partial charge on any atom is -0.407 e. The molecular weight excluding hydrogens is 232 g/mol. The lowest BCUT2D eigenvalue weighted by Gasteiger charge is -2.38. The average molecular weight is 258 g/mol. The number of hydrogen-bond donors (Lipinski definition) is 0. The topological polar surface area (TPSA) is 43.4 Å². The number of carbonyl (C=O) groups excluding carboxylic acids is 2. The third kappa shape index (κ3) is 5.13. The second-order valence-electron chi connectivity index (χ2n) is 6.38. The van der Waals surface area contributed by atoms with Gasteiger partial charge in [-0.2, -0.15) is 0 Å². The molecule has 0 aromatic rings. The molecule has 0 aliphatic rings. The SMILES string of the molecule is CC(C)C(=O)CC(C=O)O[Si](C)(C)C(C)(C)C. The second kappa shape index (κ2) is 5.91. The summed E-state index contributed by atoms with van der Waals surface area (Å²) in [6.07, 6.45) is 0.389. The fourth-order valence-electron chi connectivity index (χ4n) is 1.11. The molecule has 0 spiro atoms. The maximum absolute atomic E-state index is 11.6. The summed E-state index contributed by atoms with van der Waals surface area (Å²) < 4.78 is 5.92. The lowest BCUT2D eigenvalue weighted by atomic mass is 10.0. The van der Waals surface area contributed by atoms with Gasteiger partial charge in [-0.05, 0) is 18.1 Å². The molecule has 0 radical (unpaired) electrons. The van der Waals surface area contributed by atoms with Gasteiger partial charge >= 0.3 is 0 Å². The van der Waals surface area contributed by atoms with Crippen LogP contribution in [0.15, 0.2) is 0 Å². The van der Waals surface area contributed by atoms with E-state index in [1.807, 2.05) is 13.8 Å². The quantitative estimate of drug-likeness (QED) is 0.543. The van der Waals surface area contributed by atoms with Gasteiger partial charge in [0.15, 0.2) is 8.32 Å². The van der Waals surface area contributed by atoms with Crippen molar-refractivity contribution in [2.75, 3.05) is 0 Å². The first kappa shape index (κ1) is 16.5. The fraction of sp³-hybridized carbons (Fsp3) is 0.846. The lowest BCUT2D eigenvalue weighted by Crippen LogP contribution is -2.45. The number of aldehydes is 1. The molecule has 0 aromatic carbocycles. The third-order valence-electron chi connectivity index (χ3n) is 3.45. The first-order valence-electron chi connectivity index (χ1n) is 6.17. The molecular formula is C13H26O3Si. The molecule has 0 bridgehead atoms. The summed E-state index contributed by atoms with van der Waals surface area (Å²) in [5, 5.41) is 0.0507. The largest absolute Gasteiger partial charge is 0.407 e. The predicted molar refractivity (Wildman–Crippen MR) is 72.6 cm³/mol. The van der Waals surface area contributed by atoms with Crippen molar-refractivity contribution in [3.8, 4) is 0 Å². The Kier molecular flexibility index (Phi) is 5.74. The van der Waals surface area contributed by atoms with Crippen LogP contribution in [0, 0.1) is 5.92 Å². The van der Waals surface area contributed by atoms with E-state index in [4.69, 9.17) is 4.43 Å². The number of Topliss-reactive ketones (excluding diaryl/α,β-unsaturated/α-hetero) is 1. The Bertz CT molecular complexity index is 277. The molecule has 1 atom stereocenters. The van der Waals surface area contributed by atoms with Crippen LogP contribution in [0.1, 0.15) is 41.0 Å². The standard InChI is InChI=1S/C13H26O3Si/c1-10(2)12(15)8-11(9-14)16-17(6,7)13(3,4)5/h9-11H,8H2,1-7H3. The molecule has 0 heterocycles. The van der Waals surface area contributed by atoms with Crippen molar-refractivity contribution in [3.05, 3.63) is 0 Å². The first-order valence-corrected chi connectivity index (χ1v) is 9.08. The smallest absolute Gasteiger partial charge is 0.193 e. The van der Waals surface area contributed by atoms with Crippen LogP contribution < -0.4 is 0 Å². The molecule has 0 aromatic heterocycles. The molecule has 17 heavy (non-hydrogen) atoms. The van der Waals surface area contributed by atoms with Crippen molar-refractivity contribution in [1.82, 2.24) is 0 Å². The monoisotopic (exact) mass is 258 g/mol. The van der Waals surface area contributed by atoms with Crippen molar-refractivity contribution in [3.63, 3.8) is 0 Å². The first-order chi connectivity index (χ1) is 7.51. The highest BCUT2D eigenvalue weighted by atomic mass is 28.4. The van der Waals surface area contributed by atoms with E-state index >= 15 is 0 Å². The zero-order chi connectivity index (χ0) is 13.9. The maximum atomic E-state index is 11.6. The zero-order valence-corrected chi connectivity index (χ0v) is 13.2. The van der Waals surface area contributed by atoms with E-state index < -0.39 is 14.4 Å². The molecule has 0 rings (SSSR count). The van der Waals surface area contributed by atoms with Crippen molar-refractivity contribution in [2.24, 2.45) is 5.92 Å². The average Bonchev–Trinajstić information content (AvgIpc) is 2.14. The highest BCUT2D eigenvalue weighted by Crippen LogP contribution is 2.37. The Balaban J connectivity index is 4.62. The number of carbonyl (C=O) groups is 2. The van der Waals surface area contributed by atoms with Crippen LogP contribution in [0.2, 0.25) is 18.1 Å². The van der Waals surface area contributed by atoms with Gasteiger partial charge in [-0.1, -0.05) is 34.6 Å². The Morgan fingerprint density at radius 1 is 1.29 bits per heavy atom. The van der Waals surface area contributed by atoms with E-state index in [1.54, 1.807) is 0 Å². The van der Waals surface area contributed by atoms with E-state index in [1.165, 1.54) is 0 Å². The highest BCUT2D eigenvalue weighted by molar-refractivity contribution is 6.74. The molecule has 1 unspecified atom stereocenters. The van der Waals surface area contributed by atoms with Crippen LogP contribution in [0.25, 0.3) is 0 Å². The third-order valence-corrected chi connectivity index (χ3v) is 7.95. The highest BCUT2D eigenvalue weighted by Gasteiger charge is 2.39. The van der Waals surface area contributed by atoms with Gasteiger partial charge in [-0.15, -0.1) is 0 Å². The molecule has 0 aliphatic carbocycles. The molecule has 4 heteroatoms. The van der Waals surface area contributed by atoms with E-state index in [-0.39, 0.29) is 23.2 Å². The van der Waals surface area contributed by atoms with Crippen molar-refractivity contribution in [2.45, 2.75) is 65.3 Å². The number of hydrogen-bond acceptors (Lipinski definition) is 3. The lowest BCUT2D eigenvalue weighted by molar-refractivity contribution is -0.127. The summed E-state index contributed by atoms with van der Waals surface area (Å²) in [6, 6.07) is 0. The van der Waals surface area contributed by atoms with Crippen LogP contribution in [-0.2, 0) is 14.0 Å². The molecule has 0 amide bonds. The van der Waals surface area contributed by atoms with Gasteiger partial charge in [0.2, 0.25) is 0 Å². The Labute approximate surface area is 106 Å². The van der Waals surface area contributed by atoms with Crippen LogP contribution in [0.3, 0.4) is 0 Å². The van der Waals surface area contributed by atoms with Gasteiger partial charge in [0.05, 0.1) is 0 Å². The molecule has 0 saturated carbocycles. The Morgan fingerprint density at radius 3 is 2.06 bits per heavy atom. The molecule has 0 fully saturated rings. The summed E-state index contributed by atoms with van der Waals surface area (Å²) in [5.74, 6) is 0.0428. The van der Waals surface area contributed by atoms with Crippen molar-refractivity contribution in [1.29, 1.82) is 0 Å². The van der Waals surface area contributed by atoms with E-state index in [9.17, 15) is 9.59 Å². The van der Waals surface area contributed by atoms with Crippen molar-refractivity contribution < 1.29 is 14.0 Å². The number of ketones is 1. The van der Waals surface area contributed by atoms with Gasteiger partial charge in [0, 0.05) is 12.3 Å². The van der Waals surface area contributed by atoms with E-state index in [0.29, 0.717) is 0 Å². The minimum atomic E-state index is -1.97. The maximum Gasteiger partial charge on any atom is 0.193 e. The molecule has 0 saturated heterocycles. The Hall–Kier alpha value is -0.483. The summed E-state index contributed by atoms with van der Waals surface area (Å²) in [6.45, 7) is 14.2. The zero-order valence-electron chi connectivity index (χ0n) is 12.2. The summed E-state index contributed by atoms with van der Waals surface area (Å²) >= 11 is 0. The van der Waals surface area contributed by atoms with Crippen LogP contribution in [0.4, 0.5) is 0 Å². The van der Waals surface area contributed by atoms with Crippen LogP contribution in [0.5, 0.6) is 0 Å². The Morgan fingerprint density at radius 2 is 1.76 bits per heavy atom. The van der Waals surface area contributed by atoms with Gasteiger partial charge in [0.25, 0.3) is 0 Å². The second-order valence-corrected chi connectivity index (χ2v) is 11.1. The van der Waals surface area contributed by atoms with Gasteiger partial charge in [-0.25, -0.2) is 0 Å². The summed E-state index contributed by atoms with van der Waals surface area (Å²) in [4.78, 5) is 22.6. The fourth-order valence-corrected chi connectivity index (χ4v) is 2.36. The van der Waals surface area contributed by atoms with Crippen LogP contribution >= 0.6 is 0 Å². The number of rotatable bonds is 6. The predicted octanol–water partition coefficient (Wildman–Crippen LogP) is 3.19.